The van der Waals surface area contributed by atoms with Crippen molar-refractivity contribution in [3.05, 3.63) is 35.9 Å². The molecule has 0 radical (unpaired) electrons. The van der Waals surface area contributed by atoms with Crippen molar-refractivity contribution in [1.29, 1.82) is 0 Å². The molecule has 1 aromatic carbocycles. The highest BCUT2D eigenvalue weighted by Gasteiger charge is 2.15. The Labute approximate surface area is 131 Å². The summed E-state index contributed by atoms with van der Waals surface area (Å²) in [4.78, 5) is 44.6. The Morgan fingerprint density at radius 1 is 1.09 bits per heavy atom. The zero-order valence-electron chi connectivity index (χ0n) is 12.4. The molecule has 0 amide bonds. The van der Waals surface area contributed by atoms with E-state index in [2.05, 4.69) is 9.47 Å². The standard InChI is InChI=1S/C15H14O8/c1-20-11-5-3-4-10(8-16)15(11)23-14(19)9-22-13(18)7-6-12(17)21-2/h3-8H,9H2,1-2H3/b7-6+. The van der Waals surface area contributed by atoms with Gasteiger partial charge in [0.25, 0.3) is 0 Å². The average molecular weight is 322 g/mol. The number of esters is 3. The zero-order chi connectivity index (χ0) is 17.2. The molecule has 0 N–H and O–H groups in total. The number of aldehydes is 1. The summed E-state index contributed by atoms with van der Waals surface area (Å²) in [5.74, 6) is -2.48. The van der Waals surface area contributed by atoms with Crippen molar-refractivity contribution < 1.29 is 38.1 Å². The van der Waals surface area contributed by atoms with Crippen molar-refractivity contribution in [2.75, 3.05) is 20.8 Å². The lowest BCUT2D eigenvalue weighted by Crippen LogP contribution is -2.19. The minimum atomic E-state index is -0.928. The Balaban J connectivity index is 2.64. The lowest BCUT2D eigenvalue weighted by molar-refractivity contribution is -0.150. The second-order valence-corrected chi connectivity index (χ2v) is 3.93. The topological polar surface area (TPSA) is 105 Å². The van der Waals surface area contributed by atoms with Gasteiger partial charge in [-0.3, -0.25) is 4.79 Å². The lowest BCUT2D eigenvalue weighted by atomic mass is 10.2. The second-order valence-electron chi connectivity index (χ2n) is 3.93. The van der Waals surface area contributed by atoms with E-state index in [1.165, 1.54) is 19.2 Å². The number of ether oxygens (including phenoxy) is 4. The summed E-state index contributed by atoms with van der Waals surface area (Å²) in [6.07, 6.45) is 2.15. The van der Waals surface area contributed by atoms with Crippen molar-refractivity contribution in [2.24, 2.45) is 0 Å². The van der Waals surface area contributed by atoms with Crippen LogP contribution in [0.3, 0.4) is 0 Å². The van der Waals surface area contributed by atoms with Crippen molar-refractivity contribution >= 4 is 24.2 Å². The molecular weight excluding hydrogens is 308 g/mol. The smallest absolute Gasteiger partial charge is 0.349 e. The van der Waals surface area contributed by atoms with Crippen LogP contribution in [-0.4, -0.2) is 45.0 Å². The van der Waals surface area contributed by atoms with Gasteiger partial charge in [-0.2, -0.15) is 0 Å². The maximum Gasteiger partial charge on any atom is 0.349 e. The van der Waals surface area contributed by atoms with Crippen LogP contribution >= 0.6 is 0 Å². The molecule has 0 saturated carbocycles. The predicted octanol–water partition coefficient (Wildman–Crippen LogP) is 0.685. The molecule has 0 spiro atoms. The van der Waals surface area contributed by atoms with E-state index in [-0.39, 0.29) is 17.1 Å². The van der Waals surface area contributed by atoms with E-state index in [1.807, 2.05) is 0 Å². The molecule has 0 aliphatic heterocycles. The first-order valence-corrected chi connectivity index (χ1v) is 6.27. The third-order valence-corrected chi connectivity index (χ3v) is 2.46. The summed E-state index contributed by atoms with van der Waals surface area (Å²) in [5.41, 5.74) is 0.106. The average Bonchev–Trinajstić information content (AvgIpc) is 2.57. The number of hydrogen-bond donors (Lipinski definition) is 0. The summed E-state index contributed by atoms with van der Waals surface area (Å²) in [6, 6.07) is 4.49. The fourth-order valence-corrected chi connectivity index (χ4v) is 1.42. The first-order valence-electron chi connectivity index (χ1n) is 6.27. The van der Waals surface area contributed by atoms with Gasteiger partial charge in [0.05, 0.1) is 19.8 Å². The van der Waals surface area contributed by atoms with Crippen LogP contribution in [0.2, 0.25) is 0 Å². The molecule has 8 heteroatoms. The van der Waals surface area contributed by atoms with Gasteiger partial charge in [0, 0.05) is 12.2 Å². The molecule has 0 unspecified atom stereocenters. The van der Waals surface area contributed by atoms with Gasteiger partial charge >= 0.3 is 17.9 Å². The Kier molecular flexibility index (Phi) is 6.99. The molecule has 0 saturated heterocycles. The highest BCUT2D eigenvalue weighted by atomic mass is 16.6. The van der Waals surface area contributed by atoms with Gasteiger partial charge in [0.2, 0.25) is 0 Å². The lowest BCUT2D eigenvalue weighted by Gasteiger charge is -2.10. The van der Waals surface area contributed by atoms with Crippen LogP contribution < -0.4 is 9.47 Å². The van der Waals surface area contributed by atoms with Gasteiger partial charge in [0.1, 0.15) is 0 Å². The van der Waals surface area contributed by atoms with E-state index in [0.717, 1.165) is 19.3 Å². The summed E-state index contributed by atoms with van der Waals surface area (Å²) in [6.45, 7) is -0.708. The van der Waals surface area contributed by atoms with Gasteiger partial charge in [-0.1, -0.05) is 6.07 Å². The zero-order valence-corrected chi connectivity index (χ0v) is 12.4. The second kappa shape index (κ2) is 8.98. The molecular formula is C15H14O8. The van der Waals surface area contributed by atoms with Crippen LogP contribution in [0.25, 0.3) is 0 Å². The Morgan fingerprint density at radius 3 is 2.39 bits per heavy atom. The molecule has 23 heavy (non-hydrogen) atoms. The van der Waals surface area contributed by atoms with E-state index >= 15 is 0 Å². The number of benzene rings is 1. The molecule has 1 rings (SSSR count). The van der Waals surface area contributed by atoms with Crippen molar-refractivity contribution in [3.63, 3.8) is 0 Å². The Hall–Kier alpha value is -3.16. The van der Waals surface area contributed by atoms with Crippen LogP contribution in [0.4, 0.5) is 0 Å². The molecule has 0 atom stereocenters. The number of methoxy groups -OCH3 is 2. The molecule has 0 aliphatic carbocycles. The summed E-state index contributed by atoms with van der Waals surface area (Å²) < 4.78 is 18.8. The van der Waals surface area contributed by atoms with Gasteiger partial charge in [-0.25, -0.2) is 14.4 Å². The van der Waals surface area contributed by atoms with E-state index in [0.29, 0.717) is 6.29 Å². The molecule has 0 heterocycles. The van der Waals surface area contributed by atoms with Crippen molar-refractivity contribution in [3.8, 4) is 11.5 Å². The van der Waals surface area contributed by atoms with Crippen LogP contribution in [-0.2, 0) is 23.9 Å². The van der Waals surface area contributed by atoms with Gasteiger partial charge in [0.15, 0.2) is 24.4 Å². The third-order valence-electron chi connectivity index (χ3n) is 2.46. The van der Waals surface area contributed by atoms with Crippen LogP contribution in [0.15, 0.2) is 30.4 Å². The number of carbonyl (C=O) groups is 4. The van der Waals surface area contributed by atoms with Crippen LogP contribution in [0.5, 0.6) is 11.5 Å². The molecule has 8 nitrogen and oxygen atoms in total. The summed E-state index contributed by atoms with van der Waals surface area (Å²) >= 11 is 0. The van der Waals surface area contributed by atoms with E-state index in [4.69, 9.17) is 9.47 Å². The maximum absolute atomic E-state index is 11.7. The molecule has 0 bridgehead atoms. The Morgan fingerprint density at radius 2 is 1.78 bits per heavy atom. The Bertz CT molecular complexity index is 632. The van der Waals surface area contributed by atoms with E-state index < -0.39 is 24.5 Å². The molecule has 0 aromatic heterocycles. The number of para-hydroxylation sites is 1. The SMILES string of the molecule is COC(=O)/C=C/C(=O)OCC(=O)Oc1c(C=O)cccc1OC. The molecule has 0 aliphatic rings. The minimum absolute atomic E-state index is 0.0730. The van der Waals surface area contributed by atoms with E-state index in [9.17, 15) is 19.2 Å². The molecule has 122 valence electrons. The van der Waals surface area contributed by atoms with Crippen molar-refractivity contribution in [1.82, 2.24) is 0 Å². The quantitative estimate of drug-likeness (QED) is 0.312. The van der Waals surface area contributed by atoms with E-state index in [1.54, 1.807) is 6.07 Å². The first-order chi connectivity index (χ1) is 11.0. The van der Waals surface area contributed by atoms with Crippen molar-refractivity contribution in [2.45, 2.75) is 0 Å². The fraction of sp³-hybridized carbons (Fsp3) is 0.200. The highest BCUT2D eigenvalue weighted by molar-refractivity contribution is 5.92. The van der Waals surface area contributed by atoms with Crippen LogP contribution in [0.1, 0.15) is 10.4 Å². The minimum Gasteiger partial charge on any atom is -0.493 e. The first kappa shape index (κ1) is 17.9. The number of rotatable bonds is 7. The maximum atomic E-state index is 11.7. The summed E-state index contributed by atoms with van der Waals surface area (Å²) in [7, 11) is 2.49. The predicted molar refractivity (Wildman–Crippen MR) is 76.1 cm³/mol. The molecule has 0 fully saturated rings. The van der Waals surface area contributed by atoms with Gasteiger partial charge < -0.3 is 18.9 Å². The monoisotopic (exact) mass is 322 g/mol. The van der Waals surface area contributed by atoms with Crippen LogP contribution in [0, 0.1) is 0 Å². The van der Waals surface area contributed by atoms with Gasteiger partial charge in [-0.15, -0.1) is 0 Å². The molecule has 1 aromatic rings. The third kappa shape index (κ3) is 5.62. The fourth-order valence-electron chi connectivity index (χ4n) is 1.42. The number of hydrogen-bond acceptors (Lipinski definition) is 8. The van der Waals surface area contributed by atoms with Gasteiger partial charge in [-0.05, 0) is 12.1 Å². The summed E-state index contributed by atoms with van der Waals surface area (Å²) in [5, 5.41) is 0. The highest BCUT2D eigenvalue weighted by Crippen LogP contribution is 2.30. The normalized spacial score (nSPS) is 10.0. The largest absolute Gasteiger partial charge is 0.493 e. The number of carbonyl (C=O) groups excluding carboxylic acids is 4.